The summed E-state index contributed by atoms with van der Waals surface area (Å²) in [4.78, 5) is 0. The Hall–Kier alpha value is -1.66. The summed E-state index contributed by atoms with van der Waals surface area (Å²) >= 11 is 0. The van der Waals surface area contributed by atoms with E-state index in [9.17, 15) is 0 Å². The molecule has 0 aliphatic rings. The van der Waals surface area contributed by atoms with Crippen LogP contribution in [0.25, 0.3) is 0 Å². The van der Waals surface area contributed by atoms with Gasteiger partial charge in [-0.2, -0.15) is 0 Å². The average Bonchev–Trinajstić information content (AvgIpc) is 3.02. The number of hydrogen-bond donors (Lipinski definition) is 2. The van der Waals surface area contributed by atoms with Crippen LogP contribution >= 0.6 is 0 Å². The summed E-state index contributed by atoms with van der Waals surface area (Å²) in [6.45, 7) is 5.48. The monoisotopic (exact) mass is 264 g/mol. The Bertz CT molecular complexity index is 506. The van der Waals surface area contributed by atoms with Gasteiger partial charge in [-0.3, -0.25) is 4.68 Å². The van der Waals surface area contributed by atoms with Crippen molar-refractivity contribution in [3.05, 3.63) is 35.5 Å². The van der Waals surface area contributed by atoms with E-state index in [4.69, 9.17) is 9.52 Å². The van der Waals surface area contributed by atoms with Crippen molar-refractivity contribution < 1.29 is 9.52 Å². The predicted octanol–water partition coefficient (Wildman–Crippen LogP) is 1.41. The van der Waals surface area contributed by atoms with Crippen molar-refractivity contribution in [2.75, 3.05) is 6.61 Å². The molecule has 0 amide bonds. The Morgan fingerprint density at radius 2 is 2.32 bits per heavy atom. The van der Waals surface area contributed by atoms with Crippen molar-refractivity contribution in [1.29, 1.82) is 0 Å². The fourth-order valence-electron chi connectivity index (χ4n) is 1.81. The van der Waals surface area contributed by atoms with E-state index in [1.807, 2.05) is 25.3 Å². The predicted molar refractivity (Wildman–Crippen MR) is 70.4 cm³/mol. The van der Waals surface area contributed by atoms with Gasteiger partial charge < -0.3 is 14.8 Å². The topological polar surface area (TPSA) is 76.1 Å². The van der Waals surface area contributed by atoms with E-state index in [0.29, 0.717) is 19.5 Å². The summed E-state index contributed by atoms with van der Waals surface area (Å²) in [6, 6.07) is 4.07. The molecule has 104 valence electrons. The fourth-order valence-corrected chi connectivity index (χ4v) is 1.81. The van der Waals surface area contributed by atoms with E-state index in [2.05, 4.69) is 22.6 Å². The highest BCUT2D eigenvalue weighted by atomic mass is 16.3. The number of hydrogen-bond acceptors (Lipinski definition) is 5. The van der Waals surface area contributed by atoms with Crippen LogP contribution in [0.15, 0.2) is 22.7 Å². The first kappa shape index (κ1) is 13.8. The molecule has 0 aromatic carbocycles. The van der Waals surface area contributed by atoms with Crippen LogP contribution in [0.4, 0.5) is 0 Å². The van der Waals surface area contributed by atoms with Crippen molar-refractivity contribution in [2.45, 2.75) is 39.4 Å². The number of aromatic nitrogens is 3. The minimum Gasteiger partial charge on any atom is -0.465 e. The quantitative estimate of drug-likeness (QED) is 0.791. The third-order valence-electron chi connectivity index (χ3n) is 2.91. The van der Waals surface area contributed by atoms with Gasteiger partial charge >= 0.3 is 0 Å². The molecule has 0 saturated carbocycles. The number of aliphatic hydroxyl groups excluding tert-OH is 1. The summed E-state index contributed by atoms with van der Waals surface area (Å²) < 4.78 is 7.31. The maximum absolute atomic E-state index is 8.75. The maximum atomic E-state index is 8.75. The summed E-state index contributed by atoms with van der Waals surface area (Å²) in [5.41, 5.74) is 0.882. The van der Waals surface area contributed by atoms with Crippen molar-refractivity contribution in [3.8, 4) is 0 Å². The molecule has 6 nitrogen and oxygen atoms in total. The second-order valence-corrected chi connectivity index (χ2v) is 4.60. The summed E-state index contributed by atoms with van der Waals surface area (Å²) in [5, 5.41) is 20.2. The second kappa shape index (κ2) is 6.49. The Labute approximate surface area is 112 Å². The molecule has 0 fully saturated rings. The molecule has 0 spiro atoms. The molecule has 2 aromatic heterocycles. The van der Waals surface area contributed by atoms with E-state index < -0.39 is 0 Å². The standard InChI is InChI=1S/C13H20N4O2/c1-10-4-5-13(19-10)11(2)14-8-12-9-17(16-15-12)6-3-7-18/h4-5,9,11,14,18H,3,6-8H2,1-2H3. The zero-order chi connectivity index (χ0) is 13.7. The number of rotatable bonds is 7. The molecule has 1 unspecified atom stereocenters. The third-order valence-corrected chi connectivity index (χ3v) is 2.91. The lowest BCUT2D eigenvalue weighted by molar-refractivity contribution is 0.276. The van der Waals surface area contributed by atoms with Gasteiger partial charge in [-0.05, 0) is 32.4 Å². The van der Waals surface area contributed by atoms with Crippen molar-refractivity contribution in [3.63, 3.8) is 0 Å². The molecular formula is C13H20N4O2. The van der Waals surface area contributed by atoms with Crippen LogP contribution in [-0.4, -0.2) is 26.7 Å². The Balaban J connectivity index is 1.83. The molecule has 0 radical (unpaired) electrons. The van der Waals surface area contributed by atoms with E-state index >= 15 is 0 Å². The molecular weight excluding hydrogens is 244 g/mol. The lowest BCUT2D eigenvalue weighted by atomic mass is 10.2. The normalized spacial score (nSPS) is 12.8. The van der Waals surface area contributed by atoms with E-state index in [1.54, 1.807) is 4.68 Å². The largest absolute Gasteiger partial charge is 0.465 e. The molecule has 2 rings (SSSR count). The van der Waals surface area contributed by atoms with E-state index in [1.165, 1.54) is 0 Å². The van der Waals surface area contributed by atoms with Crippen LogP contribution in [0.2, 0.25) is 0 Å². The zero-order valence-corrected chi connectivity index (χ0v) is 11.3. The number of aliphatic hydroxyl groups is 1. The van der Waals surface area contributed by atoms with Gasteiger partial charge in [0.2, 0.25) is 0 Å². The molecule has 2 N–H and O–H groups in total. The first-order valence-electron chi connectivity index (χ1n) is 6.48. The van der Waals surface area contributed by atoms with E-state index in [-0.39, 0.29) is 12.6 Å². The lowest BCUT2D eigenvalue weighted by Crippen LogP contribution is -2.17. The van der Waals surface area contributed by atoms with Crippen molar-refractivity contribution in [2.24, 2.45) is 0 Å². The Morgan fingerprint density at radius 1 is 1.47 bits per heavy atom. The smallest absolute Gasteiger partial charge is 0.120 e. The van der Waals surface area contributed by atoms with Gasteiger partial charge in [0.05, 0.1) is 11.7 Å². The van der Waals surface area contributed by atoms with Crippen LogP contribution in [-0.2, 0) is 13.1 Å². The highest BCUT2D eigenvalue weighted by molar-refractivity contribution is 5.09. The number of aryl methyl sites for hydroxylation is 2. The highest BCUT2D eigenvalue weighted by Gasteiger charge is 2.09. The second-order valence-electron chi connectivity index (χ2n) is 4.60. The molecule has 0 saturated heterocycles. The van der Waals surface area contributed by atoms with Gasteiger partial charge in [0.1, 0.15) is 11.5 Å². The molecule has 0 aliphatic heterocycles. The summed E-state index contributed by atoms with van der Waals surface area (Å²) in [7, 11) is 0. The summed E-state index contributed by atoms with van der Waals surface area (Å²) in [6.07, 6.45) is 2.58. The van der Waals surface area contributed by atoms with Crippen molar-refractivity contribution >= 4 is 0 Å². The van der Waals surface area contributed by atoms with Gasteiger partial charge in [0.15, 0.2) is 0 Å². The zero-order valence-electron chi connectivity index (χ0n) is 11.3. The number of nitrogens with zero attached hydrogens (tertiary/aromatic N) is 3. The Morgan fingerprint density at radius 3 is 3.00 bits per heavy atom. The van der Waals surface area contributed by atoms with Crippen molar-refractivity contribution in [1.82, 2.24) is 20.3 Å². The van der Waals surface area contributed by atoms with Gasteiger partial charge in [-0.1, -0.05) is 5.21 Å². The molecule has 6 heteroatoms. The van der Waals surface area contributed by atoms with Crippen LogP contribution in [0, 0.1) is 6.92 Å². The molecule has 2 aromatic rings. The van der Waals surface area contributed by atoms with Crippen LogP contribution in [0.1, 0.15) is 36.6 Å². The van der Waals surface area contributed by atoms with Gasteiger partial charge in [0, 0.05) is 25.9 Å². The fraction of sp³-hybridized carbons (Fsp3) is 0.538. The lowest BCUT2D eigenvalue weighted by Gasteiger charge is -2.09. The van der Waals surface area contributed by atoms with Crippen LogP contribution in [0.3, 0.4) is 0 Å². The van der Waals surface area contributed by atoms with Gasteiger partial charge in [-0.25, -0.2) is 0 Å². The molecule has 19 heavy (non-hydrogen) atoms. The van der Waals surface area contributed by atoms with Crippen LogP contribution < -0.4 is 5.32 Å². The van der Waals surface area contributed by atoms with Gasteiger partial charge in [-0.15, -0.1) is 5.10 Å². The minimum absolute atomic E-state index is 0.135. The summed E-state index contributed by atoms with van der Waals surface area (Å²) in [5.74, 6) is 1.84. The SMILES string of the molecule is Cc1ccc(C(C)NCc2cn(CCCO)nn2)o1. The van der Waals surface area contributed by atoms with E-state index in [0.717, 1.165) is 17.2 Å². The number of nitrogens with one attached hydrogen (secondary N) is 1. The highest BCUT2D eigenvalue weighted by Crippen LogP contribution is 2.15. The number of furan rings is 1. The minimum atomic E-state index is 0.135. The third kappa shape index (κ3) is 3.90. The molecule has 0 aliphatic carbocycles. The first-order valence-corrected chi connectivity index (χ1v) is 6.48. The van der Waals surface area contributed by atoms with Gasteiger partial charge in [0.25, 0.3) is 0 Å². The maximum Gasteiger partial charge on any atom is 0.120 e. The average molecular weight is 264 g/mol. The molecule has 2 heterocycles. The first-order chi connectivity index (χ1) is 9.19. The molecule has 1 atom stereocenters. The van der Waals surface area contributed by atoms with Crippen LogP contribution in [0.5, 0.6) is 0 Å². The molecule has 0 bridgehead atoms. The Kier molecular flexibility index (Phi) is 4.70.